The largest absolute Gasteiger partial charge is 0.477 e. The predicted octanol–water partition coefficient (Wildman–Crippen LogP) is 3.64. The van der Waals surface area contributed by atoms with Crippen LogP contribution in [0, 0.1) is 0 Å². The molecule has 0 bridgehead atoms. The summed E-state index contributed by atoms with van der Waals surface area (Å²) in [5, 5.41) is 0.484. The maximum absolute atomic E-state index is 13.4. The summed E-state index contributed by atoms with van der Waals surface area (Å²) in [5.41, 5.74) is 1.46. The van der Waals surface area contributed by atoms with E-state index in [1.165, 1.54) is 7.11 Å². The van der Waals surface area contributed by atoms with Crippen LogP contribution in [0.2, 0.25) is 5.02 Å². The summed E-state index contributed by atoms with van der Waals surface area (Å²) >= 11 is 6.41. The Balaban J connectivity index is 1.67. The van der Waals surface area contributed by atoms with E-state index in [1.807, 2.05) is 30.3 Å². The van der Waals surface area contributed by atoms with Gasteiger partial charge in [-0.2, -0.15) is 0 Å². The van der Waals surface area contributed by atoms with Crippen molar-refractivity contribution in [2.75, 3.05) is 25.6 Å². The monoisotopic (exact) mass is 476 g/mol. The maximum Gasteiger partial charge on any atom is 0.337 e. The number of hydrogen-bond acceptors (Lipinski definition) is 5. The zero-order valence-corrected chi connectivity index (χ0v) is 19.3. The van der Waals surface area contributed by atoms with E-state index >= 15 is 0 Å². The van der Waals surface area contributed by atoms with Crippen molar-refractivity contribution >= 4 is 35.1 Å². The fourth-order valence-electron chi connectivity index (χ4n) is 4.75. The molecular formula is C26H21ClN2O5. The van der Waals surface area contributed by atoms with E-state index in [9.17, 15) is 14.4 Å². The zero-order chi connectivity index (χ0) is 24.0. The molecule has 8 heteroatoms. The lowest BCUT2D eigenvalue weighted by Gasteiger charge is -2.56. The molecule has 1 fully saturated rings. The summed E-state index contributed by atoms with van der Waals surface area (Å²) < 4.78 is 11.0. The van der Waals surface area contributed by atoms with Gasteiger partial charge in [0.1, 0.15) is 17.8 Å². The number of nitrogens with zero attached hydrogens (tertiary/aromatic N) is 2. The Kier molecular flexibility index (Phi) is 5.29. The molecule has 0 spiro atoms. The van der Waals surface area contributed by atoms with Crippen molar-refractivity contribution in [3.05, 3.63) is 94.5 Å². The van der Waals surface area contributed by atoms with Crippen molar-refractivity contribution in [1.82, 2.24) is 4.90 Å². The second-order valence-electron chi connectivity index (χ2n) is 8.18. The van der Waals surface area contributed by atoms with Crippen LogP contribution in [0.25, 0.3) is 0 Å². The lowest BCUT2D eigenvalue weighted by molar-refractivity contribution is -0.177. The first-order valence-electron chi connectivity index (χ1n) is 10.7. The summed E-state index contributed by atoms with van der Waals surface area (Å²) in [6, 6.07) is 21.2. The van der Waals surface area contributed by atoms with Crippen LogP contribution in [0.1, 0.15) is 21.5 Å². The standard InChI is InChI=1S/C26H21ClN2O5/c1-28-21-13-10-18(27)14-20(21)26(17-6-4-3-5-7-17)23(24(31)29(26)15-22(28)30)34-19-11-8-16(9-12-19)25(32)33-2/h3-14,23H,15H2,1-2H3/t23-,26-/m1/s1. The lowest BCUT2D eigenvalue weighted by Crippen LogP contribution is -2.74. The number of carbonyl (C=O) groups is 3. The van der Waals surface area contributed by atoms with E-state index in [0.717, 1.165) is 5.56 Å². The fourth-order valence-corrected chi connectivity index (χ4v) is 4.93. The first kappa shape index (κ1) is 22.0. The van der Waals surface area contributed by atoms with Crippen molar-refractivity contribution in [2.45, 2.75) is 11.6 Å². The van der Waals surface area contributed by atoms with Crippen LogP contribution in [-0.2, 0) is 19.9 Å². The minimum atomic E-state index is -1.07. The number of methoxy groups -OCH3 is 1. The summed E-state index contributed by atoms with van der Waals surface area (Å²) in [5.74, 6) is -0.577. The Morgan fingerprint density at radius 3 is 2.41 bits per heavy atom. The van der Waals surface area contributed by atoms with Gasteiger partial charge in [0.25, 0.3) is 5.91 Å². The molecule has 0 saturated carbocycles. The summed E-state index contributed by atoms with van der Waals surface area (Å²) in [4.78, 5) is 41.3. The van der Waals surface area contributed by atoms with Crippen LogP contribution in [-0.4, -0.2) is 49.5 Å². The first-order chi connectivity index (χ1) is 16.4. The number of ether oxygens (including phenoxy) is 2. The Morgan fingerprint density at radius 1 is 1.03 bits per heavy atom. The SMILES string of the molecule is COC(=O)c1ccc(O[C@@H]2C(=O)N3CC(=O)N(C)c4ccc(Cl)cc4[C@]23c2ccccc2)cc1. The molecule has 34 heavy (non-hydrogen) atoms. The summed E-state index contributed by atoms with van der Waals surface area (Å²) in [7, 11) is 3.00. The highest BCUT2D eigenvalue weighted by Crippen LogP contribution is 2.53. The van der Waals surface area contributed by atoms with E-state index in [-0.39, 0.29) is 18.4 Å². The van der Waals surface area contributed by atoms with Gasteiger partial charge in [0.15, 0.2) is 0 Å². The molecule has 7 nitrogen and oxygen atoms in total. The highest BCUT2D eigenvalue weighted by Gasteiger charge is 2.66. The molecule has 0 aromatic heterocycles. The third-order valence-electron chi connectivity index (χ3n) is 6.44. The normalized spacial score (nSPS) is 21.2. The van der Waals surface area contributed by atoms with Crippen molar-refractivity contribution in [3.8, 4) is 5.75 Å². The van der Waals surface area contributed by atoms with Gasteiger partial charge in [0.2, 0.25) is 12.0 Å². The van der Waals surface area contributed by atoms with E-state index in [4.69, 9.17) is 21.1 Å². The molecule has 172 valence electrons. The number of benzene rings is 3. The number of esters is 1. The van der Waals surface area contributed by atoms with Gasteiger partial charge in [0, 0.05) is 23.3 Å². The van der Waals surface area contributed by atoms with Crippen molar-refractivity contribution in [1.29, 1.82) is 0 Å². The number of carbonyl (C=O) groups excluding carboxylic acids is 3. The average molecular weight is 477 g/mol. The molecule has 5 rings (SSSR count). The number of halogens is 1. The molecule has 0 aliphatic carbocycles. The zero-order valence-electron chi connectivity index (χ0n) is 18.5. The fraction of sp³-hybridized carbons (Fsp3) is 0.192. The van der Waals surface area contributed by atoms with Crippen LogP contribution in [0.5, 0.6) is 5.75 Å². The van der Waals surface area contributed by atoms with Gasteiger partial charge in [-0.15, -0.1) is 0 Å². The minimum absolute atomic E-state index is 0.0995. The number of anilines is 1. The maximum atomic E-state index is 13.4. The second-order valence-corrected chi connectivity index (χ2v) is 8.62. The third kappa shape index (κ3) is 3.15. The Labute approximate surface area is 201 Å². The number of fused-ring (bicyclic) bond motifs is 3. The average Bonchev–Trinajstić information content (AvgIpc) is 2.95. The molecule has 3 aromatic rings. The highest BCUT2D eigenvalue weighted by molar-refractivity contribution is 6.30. The van der Waals surface area contributed by atoms with Crippen LogP contribution >= 0.6 is 11.6 Å². The number of amides is 2. The van der Waals surface area contributed by atoms with E-state index in [1.54, 1.807) is 59.3 Å². The molecule has 2 amide bonds. The van der Waals surface area contributed by atoms with Crippen molar-refractivity contribution < 1.29 is 23.9 Å². The molecule has 2 atom stereocenters. The summed E-state index contributed by atoms with van der Waals surface area (Å²) in [6.45, 7) is -0.0995. The number of hydrogen-bond donors (Lipinski definition) is 0. The molecule has 3 aromatic carbocycles. The Hall–Kier alpha value is -3.84. The minimum Gasteiger partial charge on any atom is -0.477 e. The molecule has 0 N–H and O–H groups in total. The van der Waals surface area contributed by atoms with Crippen molar-refractivity contribution in [3.63, 3.8) is 0 Å². The van der Waals surface area contributed by atoms with E-state index < -0.39 is 17.6 Å². The van der Waals surface area contributed by atoms with Gasteiger partial charge in [-0.05, 0) is 48.0 Å². The first-order valence-corrected chi connectivity index (χ1v) is 11.0. The molecule has 2 aliphatic heterocycles. The highest BCUT2D eigenvalue weighted by atomic mass is 35.5. The molecule has 2 aliphatic rings. The van der Waals surface area contributed by atoms with Gasteiger partial charge in [-0.25, -0.2) is 4.79 Å². The number of likely N-dealkylation sites (N-methyl/N-ethyl adjacent to an activating group) is 1. The van der Waals surface area contributed by atoms with Gasteiger partial charge >= 0.3 is 5.97 Å². The quantitative estimate of drug-likeness (QED) is 0.424. The topological polar surface area (TPSA) is 76.1 Å². The molecule has 1 saturated heterocycles. The van der Waals surface area contributed by atoms with E-state index in [0.29, 0.717) is 27.6 Å². The van der Waals surface area contributed by atoms with Crippen LogP contribution in [0.3, 0.4) is 0 Å². The van der Waals surface area contributed by atoms with Crippen LogP contribution in [0.15, 0.2) is 72.8 Å². The molecule has 0 radical (unpaired) electrons. The van der Waals surface area contributed by atoms with Gasteiger partial charge in [-0.3, -0.25) is 9.59 Å². The van der Waals surface area contributed by atoms with E-state index in [2.05, 4.69) is 0 Å². The van der Waals surface area contributed by atoms with Gasteiger partial charge < -0.3 is 19.3 Å². The summed E-state index contributed by atoms with van der Waals surface area (Å²) in [6.07, 6.45) is -0.949. The smallest absolute Gasteiger partial charge is 0.337 e. The lowest BCUT2D eigenvalue weighted by atomic mass is 9.69. The Morgan fingerprint density at radius 2 is 1.74 bits per heavy atom. The van der Waals surface area contributed by atoms with Crippen molar-refractivity contribution in [2.24, 2.45) is 0 Å². The molecule has 2 heterocycles. The molecule has 0 unspecified atom stereocenters. The predicted molar refractivity (Wildman–Crippen MR) is 126 cm³/mol. The van der Waals surface area contributed by atoms with Crippen LogP contribution in [0.4, 0.5) is 5.69 Å². The molecular weight excluding hydrogens is 456 g/mol. The third-order valence-corrected chi connectivity index (χ3v) is 6.67. The number of rotatable bonds is 4. The van der Waals surface area contributed by atoms with Crippen LogP contribution < -0.4 is 9.64 Å². The van der Waals surface area contributed by atoms with Gasteiger partial charge in [-0.1, -0.05) is 41.9 Å². The Bertz CT molecular complexity index is 1290. The van der Waals surface area contributed by atoms with Gasteiger partial charge in [0.05, 0.1) is 12.7 Å². The second kappa shape index (κ2) is 8.18. The number of β-lactam (4-membered cyclic amide) rings is 1.